The molecule has 0 unspecified atom stereocenters. The van der Waals surface area contributed by atoms with Crippen LogP contribution in [0, 0.1) is 0 Å². The second-order valence-corrected chi connectivity index (χ2v) is 9.61. The van der Waals surface area contributed by atoms with E-state index < -0.39 is 43.2 Å². The lowest BCUT2D eigenvalue weighted by Crippen LogP contribution is -2.60. The number of carbonyl (C=O) groups is 1. The van der Waals surface area contributed by atoms with Crippen LogP contribution in [0.4, 0.5) is 23.7 Å². The molecule has 1 amide bonds. The molecule has 2 heterocycles. The van der Waals surface area contributed by atoms with Gasteiger partial charge in [-0.1, -0.05) is 25.5 Å². The number of imidazole rings is 1. The van der Waals surface area contributed by atoms with Crippen LogP contribution in [0.2, 0.25) is 0 Å². The number of anilines is 1. The SMILES string of the molecule is CCCCO[C@@H]1[C@@H](OC)[C@H](C)O[C@@H](OC(=O)Nc2ccc(-c3cn(-c4ccc(OC(F)(F)F)cc4)cn3)cc2)[C@@H]1OC. The van der Waals surface area contributed by atoms with Crippen molar-refractivity contribution in [3.05, 3.63) is 61.1 Å². The van der Waals surface area contributed by atoms with E-state index in [0.29, 0.717) is 23.7 Å². The number of aromatic nitrogens is 2. The van der Waals surface area contributed by atoms with Crippen LogP contribution in [0.15, 0.2) is 61.1 Å². The van der Waals surface area contributed by atoms with Gasteiger partial charge in [0.25, 0.3) is 0 Å². The lowest BCUT2D eigenvalue weighted by molar-refractivity contribution is -0.292. The number of halogens is 3. The Hall–Kier alpha value is -3.65. The summed E-state index contributed by atoms with van der Waals surface area (Å²) in [4.78, 5) is 17.1. The van der Waals surface area contributed by atoms with Crippen LogP contribution in [0.5, 0.6) is 5.75 Å². The Morgan fingerprint density at radius 2 is 1.71 bits per heavy atom. The first-order chi connectivity index (χ1) is 20.1. The molecule has 13 heteroatoms. The minimum absolute atomic E-state index is 0.310. The third kappa shape index (κ3) is 8.00. The molecule has 2 aromatic carbocycles. The molecule has 1 saturated heterocycles. The first kappa shape index (κ1) is 31.3. The van der Waals surface area contributed by atoms with Crippen molar-refractivity contribution < 1.29 is 46.4 Å². The summed E-state index contributed by atoms with van der Waals surface area (Å²) in [6.45, 7) is 4.40. The maximum absolute atomic E-state index is 12.8. The zero-order chi connectivity index (χ0) is 30.3. The van der Waals surface area contributed by atoms with Gasteiger partial charge in [0.15, 0.2) is 0 Å². The van der Waals surface area contributed by atoms with E-state index in [2.05, 4.69) is 22.0 Å². The number of hydrogen-bond donors (Lipinski definition) is 1. The molecule has 0 bridgehead atoms. The van der Waals surface area contributed by atoms with Crippen molar-refractivity contribution in [3.63, 3.8) is 0 Å². The van der Waals surface area contributed by atoms with E-state index in [1.165, 1.54) is 31.4 Å². The molecule has 1 fully saturated rings. The summed E-state index contributed by atoms with van der Waals surface area (Å²) in [5.74, 6) is -0.310. The van der Waals surface area contributed by atoms with Crippen LogP contribution in [0.1, 0.15) is 26.7 Å². The molecule has 0 saturated carbocycles. The fourth-order valence-electron chi connectivity index (χ4n) is 4.60. The van der Waals surface area contributed by atoms with Crippen LogP contribution in [0.25, 0.3) is 16.9 Å². The molecule has 42 heavy (non-hydrogen) atoms. The van der Waals surface area contributed by atoms with Gasteiger partial charge < -0.3 is 33.0 Å². The predicted molar refractivity (Wildman–Crippen MR) is 146 cm³/mol. The maximum atomic E-state index is 12.8. The summed E-state index contributed by atoms with van der Waals surface area (Å²) in [5, 5.41) is 2.69. The van der Waals surface area contributed by atoms with Crippen LogP contribution in [-0.2, 0) is 23.7 Å². The summed E-state index contributed by atoms with van der Waals surface area (Å²) in [7, 11) is 3.07. The Morgan fingerprint density at radius 1 is 1.02 bits per heavy atom. The fraction of sp³-hybridized carbons (Fsp3) is 0.448. The van der Waals surface area contributed by atoms with Crippen LogP contribution >= 0.6 is 0 Å². The minimum Gasteiger partial charge on any atom is -0.416 e. The lowest BCUT2D eigenvalue weighted by Gasteiger charge is -2.43. The molecule has 0 aliphatic carbocycles. The highest BCUT2D eigenvalue weighted by molar-refractivity contribution is 5.85. The van der Waals surface area contributed by atoms with Crippen molar-refractivity contribution in [1.29, 1.82) is 0 Å². The average Bonchev–Trinajstić information content (AvgIpc) is 3.44. The van der Waals surface area contributed by atoms with Gasteiger partial charge in [0, 0.05) is 44.0 Å². The molecule has 3 aromatic rings. The molecular weight excluding hydrogens is 559 g/mol. The van der Waals surface area contributed by atoms with E-state index in [9.17, 15) is 18.0 Å². The molecule has 4 rings (SSSR count). The summed E-state index contributed by atoms with van der Waals surface area (Å²) < 4.78 is 71.5. The van der Waals surface area contributed by atoms with Gasteiger partial charge in [-0.2, -0.15) is 0 Å². The third-order valence-electron chi connectivity index (χ3n) is 6.68. The van der Waals surface area contributed by atoms with Gasteiger partial charge in [-0.05, 0) is 49.7 Å². The number of ether oxygens (including phenoxy) is 6. The van der Waals surface area contributed by atoms with E-state index in [-0.39, 0.29) is 5.75 Å². The quantitative estimate of drug-likeness (QED) is 0.273. The second kappa shape index (κ2) is 14.0. The first-order valence-electron chi connectivity index (χ1n) is 13.4. The number of carbonyl (C=O) groups excluding carboxylic acids is 1. The molecule has 0 spiro atoms. The molecule has 5 atom stereocenters. The Bertz CT molecular complexity index is 1280. The lowest BCUT2D eigenvalue weighted by atomic mass is 9.99. The van der Waals surface area contributed by atoms with Crippen molar-refractivity contribution in [2.75, 3.05) is 26.1 Å². The zero-order valence-electron chi connectivity index (χ0n) is 23.7. The predicted octanol–water partition coefficient (Wildman–Crippen LogP) is 5.95. The topological polar surface area (TPSA) is 102 Å². The number of amides is 1. The van der Waals surface area contributed by atoms with Gasteiger partial charge in [0.05, 0.1) is 18.1 Å². The highest BCUT2D eigenvalue weighted by Gasteiger charge is 2.47. The fourth-order valence-corrected chi connectivity index (χ4v) is 4.60. The van der Waals surface area contributed by atoms with E-state index in [1.807, 2.05) is 6.92 Å². The number of rotatable bonds is 11. The number of nitrogens with zero attached hydrogens (tertiary/aromatic N) is 2. The number of hydrogen-bond acceptors (Lipinski definition) is 8. The normalized spacial score (nSPS) is 22.5. The maximum Gasteiger partial charge on any atom is 0.573 e. The summed E-state index contributed by atoms with van der Waals surface area (Å²) in [6.07, 6.45) is -3.37. The number of benzene rings is 2. The number of unbranched alkanes of at least 4 members (excludes halogenated alkanes) is 1. The number of methoxy groups -OCH3 is 2. The molecular formula is C29H34F3N3O7. The van der Waals surface area contributed by atoms with Crippen molar-refractivity contribution in [2.45, 2.75) is 63.8 Å². The van der Waals surface area contributed by atoms with E-state index in [1.54, 1.807) is 48.5 Å². The minimum atomic E-state index is -4.75. The average molecular weight is 594 g/mol. The van der Waals surface area contributed by atoms with Gasteiger partial charge in [0.1, 0.15) is 24.1 Å². The Balaban J connectivity index is 1.36. The summed E-state index contributed by atoms with van der Waals surface area (Å²) >= 11 is 0. The molecule has 1 N–H and O–H groups in total. The Kier molecular flexibility index (Phi) is 10.4. The van der Waals surface area contributed by atoms with Crippen molar-refractivity contribution >= 4 is 11.8 Å². The van der Waals surface area contributed by atoms with Gasteiger partial charge in [0.2, 0.25) is 6.29 Å². The smallest absolute Gasteiger partial charge is 0.416 e. The molecule has 0 radical (unpaired) electrons. The molecule has 1 aromatic heterocycles. The number of nitrogens with one attached hydrogen (secondary N) is 1. The summed E-state index contributed by atoms with van der Waals surface area (Å²) in [6, 6.07) is 12.3. The highest BCUT2D eigenvalue weighted by atomic mass is 19.4. The van der Waals surface area contributed by atoms with Gasteiger partial charge >= 0.3 is 12.5 Å². The highest BCUT2D eigenvalue weighted by Crippen LogP contribution is 2.29. The second-order valence-electron chi connectivity index (χ2n) is 9.61. The third-order valence-corrected chi connectivity index (χ3v) is 6.68. The summed E-state index contributed by atoms with van der Waals surface area (Å²) in [5.41, 5.74) is 2.46. The molecule has 10 nitrogen and oxygen atoms in total. The van der Waals surface area contributed by atoms with Crippen molar-refractivity contribution in [3.8, 4) is 22.7 Å². The largest absolute Gasteiger partial charge is 0.573 e. The van der Waals surface area contributed by atoms with Crippen LogP contribution in [0.3, 0.4) is 0 Å². The molecule has 228 valence electrons. The van der Waals surface area contributed by atoms with Crippen LogP contribution in [-0.4, -0.2) is 73.5 Å². The van der Waals surface area contributed by atoms with E-state index >= 15 is 0 Å². The molecule has 1 aliphatic heterocycles. The van der Waals surface area contributed by atoms with Gasteiger partial charge in [-0.3, -0.25) is 5.32 Å². The van der Waals surface area contributed by atoms with E-state index in [0.717, 1.165) is 18.4 Å². The molecule has 1 aliphatic rings. The van der Waals surface area contributed by atoms with Crippen molar-refractivity contribution in [1.82, 2.24) is 9.55 Å². The van der Waals surface area contributed by atoms with E-state index in [4.69, 9.17) is 23.7 Å². The van der Waals surface area contributed by atoms with Gasteiger partial charge in [-0.25, -0.2) is 9.78 Å². The van der Waals surface area contributed by atoms with Crippen molar-refractivity contribution in [2.24, 2.45) is 0 Å². The first-order valence-corrected chi connectivity index (χ1v) is 13.4. The zero-order valence-corrected chi connectivity index (χ0v) is 23.7. The Morgan fingerprint density at radius 3 is 2.33 bits per heavy atom. The van der Waals surface area contributed by atoms with Crippen LogP contribution < -0.4 is 10.1 Å². The van der Waals surface area contributed by atoms with Gasteiger partial charge in [-0.15, -0.1) is 13.2 Å². The number of alkyl halides is 3. The Labute approximate surface area is 241 Å². The standard InChI is InChI=1S/C29H34F3N3O7/c1-5-6-15-39-25-24(37-3)18(2)40-27(26(25)38-4)41-28(36)34-20-9-7-19(8-10-20)23-16-35(17-33-23)21-11-13-22(14-12-21)42-29(30,31)32/h7-14,16-18,24-27H,5-6,15H2,1-4H3,(H,34,36)/t18-,24-,25+,26+,27-/m0/s1. The monoisotopic (exact) mass is 593 g/mol.